The van der Waals surface area contributed by atoms with Crippen LogP contribution in [0.3, 0.4) is 0 Å². The third kappa shape index (κ3) is 1.87. The van der Waals surface area contributed by atoms with Crippen molar-refractivity contribution >= 4 is 0 Å². The van der Waals surface area contributed by atoms with E-state index in [1.165, 1.54) is 25.7 Å². The van der Waals surface area contributed by atoms with Crippen molar-refractivity contribution in [2.45, 2.75) is 50.2 Å². The van der Waals surface area contributed by atoms with E-state index in [0.717, 1.165) is 25.0 Å². The van der Waals surface area contributed by atoms with Crippen LogP contribution in [0, 0.1) is 0 Å². The number of nitrogens with two attached hydrogens (primary N) is 1. The highest BCUT2D eigenvalue weighted by atomic mass is 16.3. The van der Waals surface area contributed by atoms with E-state index in [2.05, 4.69) is 4.90 Å². The first kappa shape index (κ1) is 9.44. The second-order valence-electron chi connectivity index (χ2n) is 4.43. The molecular weight excluding hydrogens is 164 g/mol. The zero-order valence-corrected chi connectivity index (χ0v) is 8.15. The molecule has 0 aromatic rings. The number of aliphatic hydroxyl groups excluding tert-OH is 1. The summed E-state index contributed by atoms with van der Waals surface area (Å²) in [5, 5.41) is 8.79. The average molecular weight is 184 g/mol. The molecule has 2 rings (SSSR count). The van der Waals surface area contributed by atoms with Crippen molar-refractivity contribution in [3.8, 4) is 0 Å². The summed E-state index contributed by atoms with van der Waals surface area (Å²) in [5.41, 5.74) is 5.97. The molecule has 76 valence electrons. The first-order chi connectivity index (χ1) is 6.31. The van der Waals surface area contributed by atoms with Gasteiger partial charge in [-0.3, -0.25) is 4.90 Å². The number of hydrogen-bond donors (Lipinski definition) is 2. The molecule has 2 bridgehead atoms. The highest BCUT2D eigenvalue weighted by Gasteiger charge is 2.38. The van der Waals surface area contributed by atoms with Gasteiger partial charge < -0.3 is 10.8 Å². The van der Waals surface area contributed by atoms with E-state index in [4.69, 9.17) is 10.8 Å². The van der Waals surface area contributed by atoms with Crippen LogP contribution < -0.4 is 5.73 Å². The second-order valence-corrected chi connectivity index (χ2v) is 4.43. The topological polar surface area (TPSA) is 49.5 Å². The van der Waals surface area contributed by atoms with Gasteiger partial charge in [0.15, 0.2) is 0 Å². The molecule has 2 fully saturated rings. The molecule has 0 spiro atoms. The van der Waals surface area contributed by atoms with Crippen LogP contribution >= 0.6 is 0 Å². The maximum atomic E-state index is 8.79. The number of aliphatic hydroxyl groups is 1. The summed E-state index contributed by atoms with van der Waals surface area (Å²) in [5.74, 6) is 0. The number of fused-ring (bicyclic) bond motifs is 2. The summed E-state index contributed by atoms with van der Waals surface area (Å²) < 4.78 is 0. The molecule has 1 unspecified atom stereocenters. The molecule has 2 saturated heterocycles. The van der Waals surface area contributed by atoms with Crippen molar-refractivity contribution in [3.63, 3.8) is 0 Å². The maximum Gasteiger partial charge on any atom is 0.0443 e. The van der Waals surface area contributed by atoms with Gasteiger partial charge in [-0.25, -0.2) is 0 Å². The lowest BCUT2D eigenvalue weighted by atomic mass is 9.98. The van der Waals surface area contributed by atoms with Crippen LogP contribution in [0.2, 0.25) is 0 Å². The van der Waals surface area contributed by atoms with E-state index < -0.39 is 0 Å². The van der Waals surface area contributed by atoms with Gasteiger partial charge in [0.05, 0.1) is 0 Å². The monoisotopic (exact) mass is 184 g/mol. The second kappa shape index (κ2) is 3.95. The minimum atomic E-state index is 0.321. The van der Waals surface area contributed by atoms with Gasteiger partial charge in [0, 0.05) is 31.3 Å². The highest BCUT2D eigenvalue weighted by molar-refractivity contribution is 4.96. The van der Waals surface area contributed by atoms with Crippen molar-refractivity contribution in [3.05, 3.63) is 0 Å². The molecule has 3 N–H and O–H groups in total. The third-order valence-corrected chi connectivity index (χ3v) is 3.50. The average Bonchev–Trinajstić information content (AvgIpc) is 2.33. The lowest BCUT2D eigenvalue weighted by Gasteiger charge is -2.37. The fourth-order valence-electron chi connectivity index (χ4n) is 2.93. The van der Waals surface area contributed by atoms with Crippen LogP contribution in [-0.4, -0.2) is 41.3 Å². The third-order valence-electron chi connectivity index (χ3n) is 3.50. The number of hydrogen-bond acceptors (Lipinski definition) is 3. The first-order valence-electron chi connectivity index (χ1n) is 5.43. The Morgan fingerprint density at radius 2 is 1.85 bits per heavy atom. The normalized spacial score (nSPS) is 39.7. The number of piperidine rings is 1. The van der Waals surface area contributed by atoms with Crippen molar-refractivity contribution in [2.75, 3.05) is 13.2 Å². The molecule has 0 aromatic heterocycles. The molecule has 2 aliphatic heterocycles. The number of nitrogens with zero attached hydrogens (tertiary/aromatic N) is 1. The molecule has 2 heterocycles. The van der Waals surface area contributed by atoms with Gasteiger partial charge in [-0.15, -0.1) is 0 Å². The largest absolute Gasteiger partial charge is 0.396 e. The summed E-state index contributed by atoms with van der Waals surface area (Å²) in [6.45, 7) is 1.39. The van der Waals surface area contributed by atoms with Gasteiger partial charge in [0.1, 0.15) is 0 Å². The fourth-order valence-corrected chi connectivity index (χ4v) is 2.93. The Bertz CT molecular complexity index is 160. The van der Waals surface area contributed by atoms with E-state index in [1.54, 1.807) is 0 Å². The Balaban J connectivity index is 1.90. The van der Waals surface area contributed by atoms with Crippen molar-refractivity contribution in [1.82, 2.24) is 4.90 Å². The van der Waals surface area contributed by atoms with E-state index >= 15 is 0 Å². The first-order valence-corrected chi connectivity index (χ1v) is 5.43. The minimum absolute atomic E-state index is 0.321. The smallest absolute Gasteiger partial charge is 0.0443 e. The summed E-state index contributed by atoms with van der Waals surface area (Å²) in [7, 11) is 0. The zero-order chi connectivity index (χ0) is 9.26. The molecule has 0 radical (unpaired) electrons. The molecule has 13 heavy (non-hydrogen) atoms. The van der Waals surface area contributed by atoms with Crippen LogP contribution in [-0.2, 0) is 0 Å². The Kier molecular flexibility index (Phi) is 2.86. The maximum absolute atomic E-state index is 8.79. The van der Waals surface area contributed by atoms with Gasteiger partial charge in [-0.05, 0) is 32.1 Å². The summed E-state index contributed by atoms with van der Waals surface area (Å²) >= 11 is 0. The van der Waals surface area contributed by atoms with E-state index in [-0.39, 0.29) is 0 Å². The van der Waals surface area contributed by atoms with Crippen molar-refractivity contribution in [1.29, 1.82) is 0 Å². The van der Waals surface area contributed by atoms with Gasteiger partial charge in [0.25, 0.3) is 0 Å². The van der Waals surface area contributed by atoms with E-state index in [1.807, 2.05) is 0 Å². The molecule has 0 saturated carbocycles. The Morgan fingerprint density at radius 1 is 1.23 bits per heavy atom. The van der Waals surface area contributed by atoms with Crippen LogP contribution in [0.25, 0.3) is 0 Å². The standard InChI is InChI=1S/C10H20N2O/c11-8-6-9-2-3-10(7-8)12(9)4-1-5-13/h8-10,13H,1-7,11H2/t8?,9-,10+. The van der Waals surface area contributed by atoms with Crippen molar-refractivity contribution < 1.29 is 5.11 Å². The molecule has 2 aliphatic rings. The van der Waals surface area contributed by atoms with Gasteiger partial charge >= 0.3 is 0 Å². The summed E-state index contributed by atoms with van der Waals surface area (Å²) in [6.07, 6.45) is 5.90. The Hall–Kier alpha value is -0.120. The SMILES string of the molecule is NC1C[C@H]2CC[C@@H](C1)N2CCCO. The van der Waals surface area contributed by atoms with Crippen LogP contribution in [0.15, 0.2) is 0 Å². The fraction of sp³-hybridized carbons (Fsp3) is 1.00. The van der Waals surface area contributed by atoms with E-state index in [9.17, 15) is 0 Å². The Morgan fingerprint density at radius 3 is 2.38 bits per heavy atom. The minimum Gasteiger partial charge on any atom is -0.396 e. The van der Waals surface area contributed by atoms with Crippen LogP contribution in [0.4, 0.5) is 0 Å². The Labute approximate surface area is 79.9 Å². The van der Waals surface area contributed by atoms with Gasteiger partial charge in [-0.2, -0.15) is 0 Å². The van der Waals surface area contributed by atoms with Gasteiger partial charge in [0.2, 0.25) is 0 Å². The molecule has 3 heteroatoms. The van der Waals surface area contributed by atoms with Crippen molar-refractivity contribution in [2.24, 2.45) is 5.73 Å². The lowest BCUT2D eigenvalue weighted by Crippen LogP contribution is -2.47. The predicted molar refractivity (Wildman–Crippen MR) is 52.4 cm³/mol. The summed E-state index contributed by atoms with van der Waals surface area (Å²) in [6, 6.07) is 1.88. The molecule has 3 atom stereocenters. The predicted octanol–water partition coefficient (Wildman–Crippen LogP) is 0.323. The molecular formula is C10H20N2O. The molecule has 3 nitrogen and oxygen atoms in total. The van der Waals surface area contributed by atoms with E-state index in [0.29, 0.717) is 12.6 Å². The molecule has 0 aromatic carbocycles. The van der Waals surface area contributed by atoms with Crippen LogP contribution in [0.1, 0.15) is 32.1 Å². The highest BCUT2D eigenvalue weighted by Crippen LogP contribution is 2.34. The zero-order valence-electron chi connectivity index (χ0n) is 8.15. The molecule has 0 amide bonds. The lowest BCUT2D eigenvalue weighted by molar-refractivity contribution is 0.117. The quantitative estimate of drug-likeness (QED) is 0.664. The van der Waals surface area contributed by atoms with Crippen LogP contribution in [0.5, 0.6) is 0 Å². The molecule has 0 aliphatic carbocycles. The number of rotatable bonds is 3. The van der Waals surface area contributed by atoms with Gasteiger partial charge in [-0.1, -0.05) is 0 Å². The summed E-state index contributed by atoms with van der Waals surface area (Å²) in [4.78, 5) is 2.57.